The third-order valence-corrected chi connectivity index (χ3v) is 3.51. The standard InChI is InChI=1S/C13H23N3O4/c1-2-3-5-9(13(19)20)15-12(18)10-6-4-7-16(10)11(17)8-14/h9-10H,2-8,14H2,1H3,(H,15,18)(H,19,20)/t9-,10-/m0/s1. The average molecular weight is 285 g/mol. The topological polar surface area (TPSA) is 113 Å². The Hall–Kier alpha value is -1.63. The number of amides is 2. The van der Waals surface area contributed by atoms with E-state index >= 15 is 0 Å². The number of nitrogens with one attached hydrogen (secondary N) is 1. The van der Waals surface area contributed by atoms with E-state index in [1.165, 1.54) is 4.90 Å². The third kappa shape index (κ3) is 4.19. The summed E-state index contributed by atoms with van der Waals surface area (Å²) >= 11 is 0. The summed E-state index contributed by atoms with van der Waals surface area (Å²) in [6.45, 7) is 2.32. The van der Waals surface area contributed by atoms with Crippen LogP contribution in [-0.2, 0) is 14.4 Å². The van der Waals surface area contributed by atoms with E-state index in [2.05, 4.69) is 5.32 Å². The molecule has 0 spiro atoms. The number of rotatable bonds is 7. The van der Waals surface area contributed by atoms with Crippen molar-refractivity contribution in [1.29, 1.82) is 0 Å². The van der Waals surface area contributed by atoms with E-state index in [0.29, 0.717) is 19.4 Å². The highest BCUT2D eigenvalue weighted by Gasteiger charge is 2.35. The lowest BCUT2D eigenvalue weighted by Gasteiger charge is -2.25. The third-order valence-electron chi connectivity index (χ3n) is 3.51. The molecule has 0 aromatic carbocycles. The van der Waals surface area contributed by atoms with Crippen LogP contribution in [0.2, 0.25) is 0 Å². The van der Waals surface area contributed by atoms with Crippen molar-refractivity contribution in [2.24, 2.45) is 5.73 Å². The van der Waals surface area contributed by atoms with Crippen molar-refractivity contribution in [2.75, 3.05) is 13.1 Å². The monoisotopic (exact) mass is 285 g/mol. The van der Waals surface area contributed by atoms with Gasteiger partial charge in [0.1, 0.15) is 12.1 Å². The molecule has 7 nitrogen and oxygen atoms in total. The molecule has 1 fully saturated rings. The molecule has 2 amide bonds. The van der Waals surface area contributed by atoms with Crippen LogP contribution in [-0.4, -0.2) is 53.0 Å². The summed E-state index contributed by atoms with van der Waals surface area (Å²) in [7, 11) is 0. The zero-order valence-corrected chi connectivity index (χ0v) is 11.8. The molecule has 0 bridgehead atoms. The van der Waals surface area contributed by atoms with Gasteiger partial charge in [-0.05, 0) is 19.3 Å². The molecule has 1 aliphatic heterocycles. The summed E-state index contributed by atoms with van der Waals surface area (Å²) in [5.74, 6) is -1.71. The lowest BCUT2D eigenvalue weighted by atomic mass is 10.1. The molecular weight excluding hydrogens is 262 g/mol. The number of hydrogen-bond acceptors (Lipinski definition) is 4. The molecule has 1 rings (SSSR count). The lowest BCUT2D eigenvalue weighted by Crippen LogP contribution is -2.51. The number of carboxylic acids is 1. The molecule has 1 aliphatic rings. The van der Waals surface area contributed by atoms with Crippen molar-refractivity contribution in [3.8, 4) is 0 Å². The van der Waals surface area contributed by atoms with Gasteiger partial charge in [-0.15, -0.1) is 0 Å². The first-order chi connectivity index (χ1) is 9.51. The lowest BCUT2D eigenvalue weighted by molar-refractivity contribution is -0.143. The van der Waals surface area contributed by atoms with Crippen LogP contribution in [0.1, 0.15) is 39.0 Å². The number of carbonyl (C=O) groups excluding carboxylic acids is 2. The van der Waals surface area contributed by atoms with E-state index in [-0.39, 0.29) is 12.5 Å². The van der Waals surface area contributed by atoms with Crippen molar-refractivity contribution in [2.45, 2.75) is 51.1 Å². The predicted octanol–water partition coefficient (Wildman–Crippen LogP) is -0.304. The summed E-state index contributed by atoms with van der Waals surface area (Å²) in [6, 6.07) is -1.48. The van der Waals surface area contributed by atoms with Gasteiger partial charge in [0.15, 0.2) is 0 Å². The van der Waals surface area contributed by atoms with Crippen LogP contribution in [0.25, 0.3) is 0 Å². The number of hydrogen-bond donors (Lipinski definition) is 3. The van der Waals surface area contributed by atoms with Crippen molar-refractivity contribution < 1.29 is 19.5 Å². The Morgan fingerprint density at radius 3 is 2.70 bits per heavy atom. The Morgan fingerprint density at radius 2 is 2.15 bits per heavy atom. The number of likely N-dealkylation sites (tertiary alicyclic amines) is 1. The number of carboxylic acid groups (broad SMARTS) is 1. The average Bonchev–Trinajstić information content (AvgIpc) is 2.91. The van der Waals surface area contributed by atoms with Gasteiger partial charge >= 0.3 is 5.97 Å². The molecular formula is C13H23N3O4. The fourth-order valence-corrected chi connectivity index (χ4v) is 2.39. The van der Waals surface area contributed by atoms with Crippen molar-refractivity contribution in [1.82, 2.24) is 10.2 Å². The highest BCUT2D eigenvalue weighted by atomic mass is 16.4. The smallest absolute Gasteiger partial charge is 0.326 e. The molecule has 20 heavy (non-hydrogen) atoms. The Balaban J connectivity index is 2.63. The Labute approximate surface area is 118 Å². The minimum atomic E-state index is -1.04. The van der Waals surface area contributed by atoms with Crippen LogP contribution in [0.5, 0.6) is 0 Å². The summed E-state index contributed by atoms with van der Waals surface area (Å²) in [5, 5.41) is 11.6. The van der Waals surface area contributed by atoms with E-state index in [0.717, 1.165) is 19.3 Å². The highest BCUT2D eigenvalue weighted by Crippen LogP contribution is 2.17. The van der Waals surface area contributed by atoms with Crippen LogP contribution >= 0.6 is 0 Å². The van der Waals surface area contributed by atoms with Crippen molar-refractivity contribution in [3.05, 3.63) is 0 Å². The predicted molar refractivity (Wildman–Crippen MR) is 72.9 cm³/mol. The number of carbonyl (C=O) groups is 3. The zero-order chi connectivity index (χ0) is 15.1. The van der Waals surface area contributed by atoms with Crippen LogP contribution in [0.3, 0.4) is 0 Å². The second kappa shape index (κ2) is 7.84. The molecule has 0 aromatic rings. The molecule has 0 aromatic heterocycles. The Bertz CT molecular complexity index is 373. The van der Waals surface area contributed by atoms with Gasteiger partial charge in [0.25, 0.3) is 0 Å². The van der Waals surface area contributed by atoms with Gasteiger partial charge in [-0.25, -0.2) is 4.79 Å². The second-order valence-corrected chi connectivity index (χ2v) is 4.99. The van der Waals surface area contributed by atoms with E-state index < -0.39 is 24.0 Å². The minimum Gasteiger partial charge on any atom is -0.480 e. The van der Waals surface area contributed by atoms with E-state index in [4.69, 9.17) is 10.8 Å². The summed E-state index contributed by atoms with van der Waals surface area (Å²) in [5.41, 5.74) is 5.31. The van der Waals surface area contributed by atoms with E-state index in [9.17, 15) is 14.4 Å². The number of nitrogens with two attached hydrogens (primary N) is 1. The second-order valence-electron chi connectivity index (χ2n) is 4.99. The maximum atomic E-state index is 12.1. The van der Waals surface area contributed by atoms with Crippen LogP contribution < -0.4 is 11.1 Å². The first-order valence-corrected chi connectivity index (χ1v) is 7.04. The number of nitrogens with zero attached hydrogens (tertiary/aromatic N) is 1. The molecule has 0 radical (unpaired) electrons. The first kappa shape index (κ1) is 16.4. The van der Waals surface area contributed by atoms with Gasteiger partial charge in [0.05, 0.1) is 6.54 Å². The summed E-state index contributed by atoms with van der Waals surface area (Å²) in [6.07, 6.45) is 3.28. The molecule has 1 heterocycles. The number of unbranched alkanes of at least 4 members (excludes halogenated alkanes) is 1. The van der Waals surface area contributed by atoms with Gasteiger partial charge in [0, 0.05) is 6.54 Å². The summed E-state index contributed by atoms with van der Waals surface area (Å²) < 4.78 is 0. The van der Waals surface area contributed by atoms with Gasteiger partial charge in [-0.2, -0.15) is 0 Å². The summed E-state index contributed by atoms with van der Waals surface area (Å²) in [4.78, 5) is 36.3. The van der Waals surface area contributed by atoms with Crippen molar-refractivity contribution >= 4 is 17.8 Å². The molecule has 4 N–H and O–H groups in total. The number of aliphatic carboxylic acids is 1. The maximum absolute atomic E-state index is 12.1. The molecule has 2 atom stereocenters. The largest absolute Gasteiger partial charge is 0.480 e. The first-order valence-electron chi connectivity index (χ1n) is 7.04. The van der Waals surface area contributed by atoms with Gasteiger partial charge in [-0.3, -0.25) is 9.59 Å². The van der Waals surface area contributed by atoms with Crippen LogP contribution in [0, 0.1) is 0 Å². The maximum Gasteiger partial charge on any atom is 0.326 e. The van der Waals surface area contributed by atoms with Crippen LogP contribution in [0.4, 0.5) is 0 Å². The highest BCUT2D eigenvalue weighted by molar-refractivity contribution is 5.91. The minimum absolute atomic E-state index is 0.137. The van der Waals surface area contributed by atoms with Gasteiger partial charge < -0.3 is 21.1 Å². The van der Waals surface area contributed by atoms with Crippen LogP contribution in [0.15, 0.2) is 0 Å². The molecule has 114 valence electrons. The molecule has 7 heteroatoms. The zero-order valence-electron chi connectivity index (χ0n) is 11.8. The van der Waals surface area contributed by atoms with E-state index in [1.807, 2.05) is 6.92 Å². The normalized spacial score (nSPS) is 19.7. The molecule has 0 aliphatic carbocycles. The van der Waals surface area contributed by atoms with Crippen molar-refractivity contribution in [3.63, 3.8) is 0 Å². The SMILES string of the molecule is CCCC[C@H](NC(=O)[C@@H]1CCCN1C(=O)CN)C(=O)O. The molecule has 0 saturated carbocycles. The fourth-order valence-electron chi connectivity index (χ4n) is 2.39. The fraction of sp³-hybridized carbons (Fsp3) is 0.769. The van der Waals surface area contributed by atoms with E-state index in [1.54, 1.807) is 0 Å². The quantitative estimate of drug-likeness (QED) is 0.594. The van der Waals surface area contributed by atoms with Gasteiger partial charge in [0.2, 0.25) is 11.8 Å². The Kier molecular flexibility index (Phi) is 6.44. The molecule has 1 saturated heterocycles. The molecule has 0 unspecified atom stereocenters. The van der Waals surface area contributed by atoms with Gasteiger partial charge in [-0.1, -0.05) is 19.8 Å². The Morgan fingerprint density at radius 1 is 1.45 bits per heavy atom.